The van der Waals surface area contributed by atoms with Crippen molar-refractivity contribution in [3.8, 4) is 0 Å². The molecule has 3 aromatic rings. The molecule has 0 N–H and O–H groups in total. The first-order chi connectivity index (χ1) is 14.7. The van der Waals surface area contributed by atoms with Gasteiger partial charge in [0.05, 0.1) is 42.5 Å². The maximum Gasteiger partial charge on any atom is 0.256 e. The number of para-hydroxylation sites is 1. The van der Waals surface area contributed by atoms with Crippen molar-refractivity contribution in [3.63, 3.8) is 0 Å². The van der Waals surface area contributed by atoms with E-state index in [0.29, 0.717) is 25.3 Å². The van der Waals surface area contributed by atoms with Crippen molar-refractivity contribution >= 4 is 16.8 Å². The number of hydrogen-bond acceptors (Lipinski definition) is 5. The second-order valence-corrected chi connectivity index (χ2v) is 8.20. The molecule has 0 aliphatic carbocycles. The quantitative estimate of drug-likeness (QED) is 0.666. The zero-order chi connectivity index (χ0) is 20.4. The molecule has 2 saturated heterocycles. The molecule has 0 bridgehead atoms. The first-order valence-corrected chi connectivity index (χ1v) is 10.5. The Labute approximate surface area is 175 Å². The van der Waals surface area contributed by atoms with E-state index in [1.54, 1.807) is 12.4 Å². The first-order valence-electron chi connectivity index (χ1n) is 10.5. The summed E-state index contributed by atoms with van der Waals surface area (Å²) in [7, 11) is 0. The predicted octanol–water partition coefficient (Wildman–Crippen LogP) is 3.61. The number of rotatable bonds is 4. The highest BCUT2D eigenvalue weighted by Gasteiger charge is 2.45. The molecule has 1 aromatic carbocycles. The van der Waals surface area contributed by atoms with Crippen LogP contribution in [0.2, 0.25) is 0 Å². The summed E-state index contributed by atoms with van der Waals surface area (Å²) < 4.78 is 12.3. The van der Waals surface area contributed by atoms with Crippen LogP contribution < -0.4 is 0 Å². The van der Waals surface area contributed by atoms with Crippen molar-refractivity contribution in [3.05, 3.63) is 72.2 Å². The Balaban J connectivity index is 1.27. The van der Waals surface area contributed by atoms with Crippen LogP contribution in [0.25, 0.3) is 10.9 Å². The molecule has 154 valence electrons. The van der Waals surface area contributed by atoms with Gasteiger partial charge in [0, 0.05) is 36.9 Å². The van der Waals surface area contributed by atoms with Gasteiger partial charge in [-0.15, -0.1) is 0 Å². The summed E-state index contributed by atoms with van der Waals surface area (Å²) in [6.45, 7) is 2.44. The summed E-state index contributed by atoms with van der Waals surface area (Å²) in [4.78, 5) is 23.8. The van der Waals surface area contributed by atoms with Crippen LogP contribution >= 0.6 is 0 Å². The fourth-order valence-corrected chi connectivity index (χ4v) is 4.61. The molecule has 1 spiro atoms. The van der Waals surface area contributed by atoms with Crippen LogP contribution in [0.15, 0.2) is 61.1 Å². The third-order valence-electron chi connectivity index (χ3n) is 6.07. The van der Waals surface area contributed by atoms with Gasteiger partial charge in [-0.3, -0.25) is 14.8 Å². The summed E-state index contributed by atoms with van der Waals surface area (Å²) in [5.74, 6) is 0.0294. The van der Waals surface area contributed by atoms with Crippen LogP contribution in [0.5, 0.6) is 0 Å². The number of likely N-dealkylation sites (tertiary alicyclic amines) is 1. The van der Waals surface area contributed by atoms with Crippen molar-refractivity contribution < 1.29 is 14.3 Å². The zero-order valence-electron chi connectivity index (χ0n) is 16.9. The van der Waals surface area contributed by atoms with Gasteiger partial charge in [-0.2, -0.15) is 0 Å². The minimum absolute atomic E-state index is 0.0294. The van der Waals surface area contributed by atoms with Crippen molar-refractivity contribution in [2.24, 2.45) is 0 Å². The lowest BCUT2D eigenvalue weighted by atomic mass is 9.89. The van der Waals surface area contributed by atoms with Gasteiger partial charge < -0.3 is 14.4 Å². The van der Waals surface area contributed by atoms with Gasteiger partial charge in [0.2, 0.25) is 0 Å². The van der Waals surface area contributed by atoms with Crippen molar-refractivity contribution in [1.29, 1.82) is 0 Å². The lowest BCUT2D eigenvalue weighted by molar-refractivity contribution is -0.0466. The number of piperidine rings is 1. The van der Waals surface area contributed by atoms with Crippen molar-refractivity contribution in [1.82, 2.24) is 14.9 Å². The van der Waals surface area contributed by atoms with Crippen LogP contribution in [0.4, 0.5) is 0 Å². The van der Waals surface area contributed by atoms with Gasteiger partial charge >= 0.3 is 0 Å². The summed E-state index contributed by atoms with van der Waals surface area (Å²) in [6.07, 6.45) is 8.06. The lowest BCUT2D eigenvalue weighted by Crippen LogP contribution is -2.50. The van der Waals surface area contributed by atoms with E-state index in [-0.39, 0.29) is 17.6 Å². The van der Waals surface area contributed by atoms with E-state index in [4.69, 9.17) is 9.47 Å². The first kappa shape index (κ1) is 19.2. The molecular weight excluding hydrogens is 378 g/mol. The van der Waals surface area contributed by atoms with E-state index in [1.165, 1.54) is 0 Å². The number of carbonyl (C=O) groups excluding carboxylic acids is 1. The van der Waals surface area contributed by atoms with Gasteiger partial charge in [-0.1, -0.05) is 24.3 Å². The Morgan fingerprint density at radius 2 is 2.10 bits per heavy atom. The highest BCUT2D eigenvalue weighted by atomic mass is 16.6. The highest BCUT2D eigenvalue weighted by molar-refractivity contribution is 6.05. The average Bonchev–Trinajstić information content (AvgIpc) is 3.19. The molecule has 0 radical (unpaired) electrons. The Hall–Kier alpha value is -2.83. The van der Waals surface area contributed by atoms with E-state index in [1.807, 2.05) is 53.6 Å². The number of carbonyl (C=O) groups is 1. The Morgan fingerprint density at radius 1 is 1.20 bits per heavy atom. The number of benzene rings is 1. The molecule has 6 nitrogen and oxygen atoms in total. The number of pyridine rings is 2. The maximum atomic E-state index is 13.3. The van der Waals surface area contributed by atoms with Crippen molar-refractivity contribution in [2.45, 2.75) is 37.6 Å². The number of nitrogens with zero attached hydrogens (tertiary/aromatic N) is 3. The average molecular weight is 403 g/mol. The summed E-state index contributed by atoms with van der Waals surface area (Å²) in [5.41, 5.74) is 2.16. The normalized spacial score (nSPS) is 23.9. The number of ether oxygens (including phenoxy) is 2. The highest BCUT2D eigenvalue weighted by Crippen LogP contribution is 2.36. The standard InChI is InChI=1S/C24H25N3O3/c28-23(21-8-1-6-19-7-3-11-26-22(19)21)27-12-4-9-24(17-27)13-20(16-30-24)29-15-18-5-2-10-25-14-18/h1-3,5-8,10-11,14,20H,4,9,12-13,15-17H2/t20-,24+/m0/s1. The Morgan fingerprint density at radius 3 is 3.00 bits per heavy atom. The molecule has 0 saturated carbocycles. The largest absolute Gasteiger partial charge is 0.371 e. The maximum absolute atomic E-state index is 13.3. The fourth-order valence-electron chi connectivity index (χ4n) is 4.61. The molecule has 5 rings (SSSR count). The SMILES string of the molecule is O=C(c1cccc2cccnc12)N1CCC[C@@]2(C[C@H](OCc3cccnc3)CO2)C1. The third-order valence-corrected chi connectivity index (χ3v) is 6.07. The van der Waals surface area contributed by atoms with Crippen molar-refractivity contribution in [2.75, 3.05) is 19.7 Å². The molecule has 2 atom stereocenters. The van der Waals surface area contributed by atoms with Gasteiger partial charge in [-0.25, -0.2) is 0 Å². The Kier molecular flexibility index (Phi) is 5.19. The number of fused-ring (bicyclic) bond motifs is 1. The van der Waals surface area contributed by atoms with Crippen LogP contribution in [-0.4, -0.2) is 52.2 Å². The summed E-state index contributed by atoms with van der Waals surface area (Å²) >= 11 is 0. The second kappa shape index (κ2) is 8.13. The second-order valence-electron chi connectivity index (χ2n) is 8.20. The van der Waals surface area contributed by atoms with E-state index < -0.39 is 0 Å². The van der Waals surface area contributed by atoms with Gasteiger partial charge in [-0.05, 0) is 36.6 Å². The molecule has 6 heteroatoms. The molecule has 2 aliphatic heterocycles. The van der Waals surface area contributed by atoms with E-state index >= 15 is 0 Å². The Bertz CT molecular complexity index is 1040. The number of aromatic nitrogens is 2. The zero-order valence-corrected chi connectivity index (χ0v) is 16.9. The van der Waals surface area contributed by atoms with Gasteiger partial charge in [0.25, 0.3) is 5.91 Å². The minimum Gasteiger partial charge on any atom is -0.371 e. The minimum atomic E-state index is -0.314. The third kappa shape index (κ3) is 3.80. The predicted molar refractivity (Wildman–Crippen MR) is 113 cm³/mol. The van der Waals surface area contributed by atoms with Crippen LogP contribution in [0, 0.1) is 0 Å². The molecule has 4 heterocycles. The molecule has 0 unspecified atom stereocenters. The van der Waals surface area contributed by atoms with Crippen LogP contribution in [-0.2, 0) is 16.1 Å². The topological polar surface area (TPSA) is 64.6 Å². The summed E-state index contributed by atoms with van der Waals surface area (Å²) in [5, 5.41) is 0.982. The molecule has 2 fully saturated rings. The van der Waals surface area contributed by atoms with Crippen LogP contribution in [0.1, 0.15) is 35.2 Å². The van der Waals surface area contributed by atoms with Gasteiger partial charge in [0.15, 0.2) is 0 Å². The molecule has 2 aromatic heterocycles. The molecule has 30 heavy (non-hydrogen) atoms. The molecule has 2 aliphatic rings. The van der Waals surface area contributed by atoms with E-state index in [2.05, 4.69) is 9.97 Å². The van der Waals surface area contributed by atoms with Crippen LogP contribution in [0.3, 0.4) is 0 Å². The summed E-state index contributed by atoms with van der Waals surface area (Å²) in [6, 6.07) is 13.6. The molecule has 1 amide bonds. The smallest absolute Gasteiger partial charge is 0.256 e. The number of amides is 1. The van der Waals surface area contributed by atoms with Gasteiger partial charge in [0.1, 0.15) is 0 Å². The van der Waals surface area contributed by atoms with E-state index in [0.717, 1.165) is 42.3 Å². The number of hydrogen-bond donors (Lipinski definition) is 0. The van der Waals surface area contributed by atoms with E-state index in [9.17, 15) is 4.79 Å². The monoisotopic (exact) mass is 403 g/mol. The lowest BCUT2D eigenvalue weighted by Gasteiger charge is -2.39. The fraction of sp³-hybridized carbons (Fsp3) is 0.375. The molecular formula is C24H25N3O3.